The number of aryl methyl sites for hydroxylation is 1. The highest BCUT2D eigenvalue weighted by molar-refractivity contribution is 6.35. The van der Waals surface area contributed by atoms with Crippen LogP contribution in [0, 0.1) is 0 Å². The summed E-state index contributed by atoms with van der Waals surface area (Å²) < 4.78 is 1.95. The Balaban J connectivity index is 2.59. The Hall–Kier alpha value is -1.03. The third-order valence-electron chi connectivity index (χ3n) is 2.74. The van der Waals surface area contributed by atoms with Crippen LogP contribution in [0.3, 0.4) is 0 Å². The maximum absolute atomic E-state index is 10.0. The third-order valence-corrected chi connectivity index (χ3v) is 3.04. The summed E-state index contributed by atoms with van der Waals surface area (Å²) in [5.74, 6) is 0. The number of fused-ring (bicyclic) bond motifs is 1. The number of hydrogen-bond donors (Lipinski definition) is 2. The molecular formula is C12H15ClN2O. The number of rotatable bonds is 3. The van der Waals surface area contributed by atoms with Gasteiger partial charge in [-0.25, -0.2) is 0 Å². The predicted octanol–water partition coefficient (Wildman–Crippen LogP) is 2.08. The standard InChI is InChI=1S/C12H15ClN2O/c1-14-6-11(16)9-7-15(2)12-8(9)4-3-5-10(12)13/h3-5,7,11,14,16H,6H2,1-2H3. The fourth-order valence-electron chi connectivity index (χ4n) is 2.02. The summed E-state index contributed by atoms with van der Waals surface area (Å²) in [5, 5.41) is 14.7. The van der Waals surface area contributed by atoms with Gasteiger partial charge >= 0.3 is 0 Å². The zero-order valence-electron chi connectivity index (χ0n) is 9.37. The first-order valence-electron chi connectivity index (χ1n) is 5.21. The van der Waals surface area contributed by atoms with E-state index < -0.39 is 6.10 Å². The highest BCUT2D eigenvalue weighted by Gasteiger charge is 2.15. The molecule has 0 radical (unpaired) electrons. The Morgan fingerprint density at radius 3 is 2.94 bits per heavy atom. The molecular weight excluding hydrogens is 224 g/mol. The largest absolute Gasteiger partial charge is 0.387 e. The van der Waals surface area contributed by atoms with Crippen LogP contribution < -0.4 is 5.32 Å². The molecule has 0 aliphatic carbocycles. The van der Waals surface area contributed by atoms with Crippen LogP contribution in [0.15, 0.2) is 24.4 Å². The van der Waals surface area contributed by atoms with Crippen LogP contribution >= 0.6 is 11.6 Å². The van der Waals surface area contributed by atoms with E-state index in [4.69, 9.17) is 11.6 Å². The smallest absolute Gasteiger partial charge is 0.0934 e. The number of hydrogen-bond acceptors (Lipinski definition) is 2. The van der Waals surface area contributed by atoms with Crippen molar-refractivity contribution >= 4 is 22.5 Å². The van der Waals surface area contributed by atoms with Crippen molar-refractivity contribution in [3.8, 4) is 0 Å². The summed E-state index contributed by atoms with van der Waals surface area (Å²) >= 11 is 6.14. The molecule has 1 atom stereocenters. The van der Waals surface area contributed by atoms with E-state index in [0.717, 1.165) is 16.5 Å². The van der Waals surface area contributed by atoms with E-state index >= 15 is 0 Å². The molecule has 0 amide bonds. The number of aliphatic hydroxyl groups excluding tert-OH is 1. The second-order valence-corrected chi connectivity index (χ2v) is 4.31. The number of halogens is 1. The van der Waals surface area contributed by atoms with Gasteiger partial charge in [0, 0.05) is 30.7 Å². The zero-order chi connectivity index (χ0) is 11.7. The number of likely N-dealkylation sites (N-methyl/N-ethyl adjacent to an activating group) is 1. The van der Waals surface area contributed by atoms with Crippen molar-refractivity contribution in [3.05, 3.63) is 35.0 Å². The van der Waals surface area contributed by atoms with Gasteiger partial charge in [-0.15, -0.1) is 0 Å². The van der Waals surface area contributed by atoms with Gasteiger partial charge in [0.1, 0.15) is 0 Å². The van der Waals surface area contributed by atoms with Crippen LogP contribution in [0.25, 0.3) is 10.9 Å². The Morgan fingerprint density at radius 2 is 2.25 bits per heavy atom. The lowest BCUT2D eigenvalue weighted by Gasteiger charge is -2.08. The van der Waals surface area contributed by atoms with Crippen molar-refractivity contribution < 1.29 is 5.11 Å². The van der Waals surface area contributed by atoms with Gasteiger partial charge in [-0.05, 0) is 13.1 Å². The number of para-hydroxylation sites is 1. The van der Waals surface area contributed by atoms with Crippen LogP contribution in [0.4, 0.5) is 0 Å². The van der Waals surface area contributed by atoms with Gasteiger partial charge in [-0.1, -0.05) is 23.7 Å². The summed E-state index contributed by atoms with van der Waals surface area (Å²) in [4.78, 5) is 0. The van der Waals surface area contributed by atoms with Gasteiger partial charge in [-0.3, -0.25) is 0 Å². The van der Waals surface area contributed by atoms with E-state index in [1.807, 2.05) is 43.1 Å². The predicted molar refractivity (Wildman–Crippen MR) is 66.8 cm³/mol. The number of nitrogens with zero attached hydrogens (tertiary/aromatic N) is 1. The number of aliphatic hydroxyl groups is 1. The molecule has 0 saturated carbocycles. The number of aromatic nitrogens is 1. The third kappa shape index (κ3) is 1.82. The molecule has 1 aromatic heterocycles. The van der Waals surface area contributed by atoms with Gasteiger partial charge in [-0.2, -0.15) is 0 Å². The molecule has 2 N–H and O–H groups in total. The molecule has 1 aromatic carbocycles. The average molecular weight is 239 g/mol. The van der Waals surface area contributed by atoms with Crippen molar-refractivity contribution in [3.63, 3.8) is 0 Å². The van der Waals surface area contributed by atoms with E-state index in [0.29, 0.717) is 11.6 Å². The van der Waals surface area contributed by atoms with Gasteiger partial charge in [0.2, 0.25) is 0 Å². The second-order valence-electron chi connectivity index (χ2n) is 3.90. The molecule has 2 rings (SSSR count). The Morgan fingerprint density at radius 1 is 1.50 bits per heavy atom. The topological polar surface area (TPSA) is 37.2 Å². The van der Waals surface area contributed by atoms with Crippen LogP contribution in [0.1, 0.15) is 11.7 Å². The second kappa shape index (κ2) is 4.45. The molecule has 86 valence electrons. The molecule has 1 unspecified atom stereocenters. The minimum atomic E-state index is -0.507. The molecule has 0 saturated heterocycles. The van der Waals surface area contributed by atoms with E-state index in [-0.39, 0.29) is 0 Å². The molecule has 2 aromatic rings. The van der Waals surface area contributed by atoms with Crippen molar-refractivity contribution in [1.29, 1.82) is 0 Å². The summed E-state index contributed by atoms with van der Waals surface area (Å²) in [6, 6.07) is 5.74. The van der Waals surface area contributed by atoms with Crippen LogP contribution in [0.5, 0.6) is 0 Å². The highest BCUT2D eigenvalue weighted by atomic mass is 35.5. The van der Waals surface area contributed by atoms with E-state index in [9.17, 15) is 5.11 Å². The van der Waals surface area contributed by atoms with Crippen molar-refractivity contribution in [2.45, 2.75) is 6.10 Å². The van der Waals surface area contributed by atoms with Crippen LogP contribution in [-0.4, -0.2) is 23.3 Å². The van der Waals surface area contributed by atoms with E-state index in [1.165, 1.54) is 0 Å². The minimum absolute atomic E-state index is 0.507. The normalized spacial score (nSPS) is 13.2. The Labute approximate surface area is 99.6 Å². The molecule has 0 bridgehead atoms. The summed E-state index contributed by atoms with van der Waals surface area (Å²) in [6.45, 7) is 0.533. The van der Waals surface area contributed by atoms with E-state index in [2.05, 4.69) is 5.32 Å². The van der Waals surface area contributed by atoms with Gasteiger partial charge in [0.05, 0.1) is 16.6 Å². The lowest BCUT2D eigenvalue weighted by Crippen LogP contribution is -2.16. The molecule has 0 aliphatic rings. The molecule has 0 spiro atoms. The Kier molecular flexibility index (Phi) is 3.19. The van der Waals surface area contributed by atoms with E-state index in [1.54, 1.807) is 0 Å². The van der Waals surface area contributed by atoms with Crippen LogP contribution in [-0.2, 0) is 7.05 Å². The lowest BCUT2D eigenvalue weighted by atomic mass is 10.1. The maximum Gasteiger partial charge on any atom is 0.0934 e. The SMILES string of the molecule is CNCC(O)c1cn(C)c2c(Cl)cccc12. The van der Waals surface area contributed by atoms with Gasteiger partial charge in [0.25, 0.3) is 0 Å². The average Bonchev–Trinajstić information content (AvgIpc) is 2.58. The fourth-order valence-corrected chi connectivity index (χ4v) is 2.33. The van der Waals surface area contributed by atoms with Crippen LogP contribution in [0.2, 0.25) is 5.02 Å². The zero-order valence-corrected chi connectivity index (χ0v) is 10.1. The molecule has 3 nitrogen and oxygen atoms in total. The summed E-state index contributed by atoms with van der Waals surface area (Å²) in [5.41, 5.74) is 1.88. The van der Waals surface area contributed by atoms with Gasteiger partial charge in [0.15, 0.2) is 0 Å². The molecule has 16 heavy (non-hydrogen) atoms. The van der Waals surface area contributed by atoms with Crippen molar-refractivity contribution in [2.24, 2.45) is 7.05 Å². The lowest BCUT2D eigenvalue weighted by molar-refractivity contribution is 0.179. The maximum atomic E-state index is 10.0. The molecule has 0 aliphatic heterocycles. The first-order valence-corrected chi connectivity index (χ1v) is 5.59. The van der Waals surface area contributed by atoms with Gasteiger partial charge < -0.3 is 15.0 Å². The molecule has 1 heterocycles. The Bertz CT molecular complexity index is 507. The van der Waals surface area contributed by atoms with Crippen molar-refractivity contribution in [1.82, 2.24) is 9.88 Å². The molecule has 4 heteroatoms. The molecule has 0 fully saturated rings. The summed E-state index contributed by atoms with van der Waals surface area (Å²) in [6.07, 6.45) is 1.42. The fraction of sp³-hybridized carbons (Fsp3) is 0.333. The first kappa shape index (κ1) is 11.5. The minimum Gasteiger partial charge on any atom is -0.387 e. The number of nitrogens with one attached hydrogen (secondary N) is 1. The van der Waals surface area contributed by atoms with Crippen molar-refractivity contribution in [2.75, 3.05) is 13.6 Å². The highest BCUT2D eigenvalue weighted by Crippen LogP contribution is 2.30. The quantitative estimate of drug-likeness (QED) is 0.859. The first-order chi connectivity index (χ1) is 7.65. The number of benzene rings is 1. The summed E-state index contributed by atoms with van der Waals surface area (Å²) in [7, 11) is 3.76. The monoisotopic (exact) mass is 238 g/mol.